The quantitative estimate of drug-likeness (QED) is 0.911. The van der Waals surface area contributed by atoms with Crippen LogP contribution in [-0.2, 0) is 0 Å². The van der Waals surface area contributed by atoms with E-state index in [-0.39, 0.29) is 24.1 Å². The standard InChI is InChI=1S/C16H21FN2O.ClH/c17-14-4-1-3-13(11-14)16(20)19-9-6-12(7-10-19)15-5-2-8-18-15;/h1,3-4,11-12,15,18H,2,5-10H2;1H. The number of halogens is 2. The van der Waals surface area contributed by atoms with Gasteiger partial charge in [0.05, 0.1) is 0 Å². The van der Waals surface area contributed by atoms with E-state index in [9.17, 15) is 9.18 Å². The van der Waals surface area contributed by atoms with Crippen LogP contribution in [0.3, 0.4) is 0 Å². The van der Waals surface area contributed by atoms with Gasteiger partial charge in [-0.25, -0.2) is 4.39 Å². The Kier molecular flexibility index (Phi) is 5.59. The molecule has 21 heavy (non-hydrogen) atoms. The summed E-state index contributed by atoms with van der Waals surface area (Å²) < 4.78 is 13.2. The fourth-order valence-corrected chi connectivity index (χ4v) is 3.42. The minimum Gasteiger partial charge on any atom is -0.339 e. The van der Waals surface area contributed by atoms with Crippen LogP contribution in [0.5, 0.6) is 0 Å². The summed E-state index contributed by atoms with van der Waals surface area (Å²) in [6.07, 6.45) is 4.65. The highest BCUT2D eigenvalue weighted by molar-refractivity contribution is 5.94. The predicted octanol–water partition coefficient (Wildman–Crippen LogP) is 2.85. The number of benzene rings is 1. The van der Waals surface area contributed by atoms with Crippen LogP contribution in [0.15, 0.2) is 24.3 Å². The van der Waals surface area contributed by atoms with E-state index in [4.69, 9.17) is 0 Å². The molecule has 1 aromatic rings. The van der Waals surface area contributed by atoms with Crippen molar-refractivity contribution in [1.29, 1.82) is 0 Å². The van der Waals surface area contributed by atoms with Crippen molar-refractivity contribution in [3.8, 4) is 0 Å². The van der Waals surface area contributed by atoms with E-state index in [1.807, 2.05) is 4.90 Å². The molecule has 2 heterocycles. The third-order valence-electron chi connectivity index (χ3n) is 4.57. The third-order valence-corrected chi connectivity index (χ3v) is 4.57. The maximum Gasteiger partial charge on any atom is 0.253 e. The second kappa shape index (κ2) is 7.23. The molecule has 1 aromatic carbocycles. The Morgan fingerprint density at radius 3 is 2.62 bits per heavy atom. The van der Waals surface area contributed by atoms with Gasteiger partial charge < -0.3 is 10.2 Å². The van der Waals surface area contributed by atoms with E-state index >= 15 is 0 Å². The molecule has 2 saturated heterocycles. The van der Waals surface area contributed by atoms with E-state index in [2.05, 4.69) is 5.32 Å². The number of rotatable bonds is 2. The molecule has 0 aliphatic carbocycles. The van der Waals surface area contributed by atoms with E-state index in [1.165, 1.54) is 25.0 Å². The minimum absolute atomic E-state index is 0. The van der Waals surface area contributed by atoms with Crippen molar-refractivity contribution in [2.45, 2.75) is 31.7 Å². The summed E-state index contributed by atoms with van der Waals surface area (Å²) in [7, 11) is 0. The maximum atomic E-state index is 13.2. The first kappa shape index (κ1) is 16.2. The zero-order chi connectivity index (χ0) is 13.9. The van der Waals surface area contributed by atoms with E-state index < -0.39 is 0 Å². The smallest absolute Gasteiger partial charge is 0.253 e. The van der Waals surface area contributed by atoms with Crippen LogP contribution in [0.2, 0.25) is 0 Å². The number of nitrogens with zero attached hydrogens (tertiary/aromatic N) is 1. The number of carbonyl (C=O) groups is 1. The Morgan fingerprint density at radius 1 is 1.24 bits per heavy atom. The van der Waals surface area contributed by atoms with Crippen molar-refractivity contribution in [3.05, 3.63) is 35.6 Å². The van der Waals surface area contributed by atoms with Crippen molar-refractivity contribution in [2.24, 2.45) is 5.92 Å². The Morgan fingerprint density at radius 2 is 2.00 bits per heavy atom. The Balaban J connectivity index is 0.00000161. The Labute approximate surface area is 131 Å². The summed E-state index contributed by atoms with van der Waals surface area (Å²) in [5.41, 5.74) is 0.461. The van der Waals surface area contributed by atoms with Gasteiger partial charge in [-0.3, -0.25) is 4.79 Å². The molecule has 116 valence electrons. The summed E-state index contributed by atoms with van der Waals surface area (Å²) in [5.74, 6) is 0.303. The molecule has 1 amide bonds. The molecular formula is C16H22ClFN2O. The summed E-state index contributed by atoms with van der Waals surface area (Å²) in [5, 5.41) is 3.56. The summed E-state index contributed by atoms with van der Waals surface area (Å²) >= 11 is 0. The average Bonchev–Trinajstić information content (AvgIpc) is 3.01. The number of piperidine rings is 1. The molecular weight excluding hydrogens is 291 g/mol. The van der Waals surface area contributed by atoms with E-state index in [1.54, 1.807) is 12.1 Å². The summed E-state index contributed by atoms with van der Waals surface area (Å²) in [6.45, 7) is 2.71. The lowest BCUT2D eigenvalue weighted by Crippen LogP contribution is -2.43. The van der Waals surface area contributed by atoms with Crippen LogP contribution >= 0.6 is 12.4 Å². The number of carbonyl (C=O) groups excluding carboxylic acids is 1. The zero-order valence-electron chi connectivity index (χ0n) is 12.1. The fraction of sp³-hybridized carbons (Fsp3) is 0.562. The van der Waals surface area contributed by atoms with Gasteiger partial charge in [0.25, 0.3) is 5.91 Å². The van der Waals surface area contributed by atoms with Crippen LogP contribution in [0, 0.1) is 11.7 Å². The SMILES string of the molecule is Cl.O=C(c1cccc(F)c1)N1CCC(C2CCCN2)CC1. The highest BCUT2D eigenvalue weighted by Gasteiger charge is 2.30. The summed E-state index contributed by atoms with van der Waals surface area (Å²) in [4.78, 5) is 14.2. The normalized spacial score (nSPS) is 22.9. The first-order valence-electron chi connectivity index (χ1n) is 7.52. The summed E-state index contributed by atoms with van der Waals surface area (Å²) in [6, 6.07) is 6.62. The average molecular weight is 313 g/mol. The van der Waals surface area contributed by atoms with Crippen molar-refractivity contribution in [1.82, 2.24) is 10.2 Å². The van der Waals surface area contributed by atoms with Crippen molar-refractivity contribution < 1.29 is 9.18 Å². The van der Waals surface area contributed by atoms with Crippen LogP contribution < -0.4 is 5.32 Å². The largest absolute Gasteiger partial charge is 0.339 e. The molecule has 0 aromatic heterocycles. The van der Waals surface area contributed by atoms with Crippen molar-refractivity contribution in [2.75, 3.05) is 19.6 Å². The molecule has 2 aliphatic rings. The van der Waals surface area contributed by atoms with Gasteiger partial charge in [0, 0.05) is 24.7 Å². The Bertz CT molecular complexity index is 483. The van der Waals surface area contributed by atoms with Gasteiger partial charge in [-0.15, -0.1) is 12.4 Å². The fourth-order valence-electron chi connectivity index (χ4n) is 3.42. The molecule has 3 rings (SSSR count). The maximum absolute atomic E-state index is 13.2. The third kappa shape index (κ3) is 3.74. The number of likely N-dealkylation sites (tertiary alicyclic amines) is 1. The van der Waals surface area contributed by atoms with Gasteiger partial charge in [0.1, 0.15) is 5.82 Å². The van der Waals surface area contributed by atoms with Gasteiger partial charge in [0.2, 0.25) is 0 Å². The number of amides is 1. The molecule has 1 unspecified atom stereocenters. The first-order valence-corrected chi connectivity index (χ1v) is 7.52. The second-order valence-electron chi connectivity index (χ2n) is 5.84. The Hall–Kier alpha value is -1.13. The molecule has 5 heteroatoms. The van der Waals surface area contributed by atoms with E-state index in [0.717, 1.165) is 32.5 Å². The molecule has 1 N–H and O–H groups in total. The first-order chi connectivity index (χ1) is 9.74. The van der Waals surface area contributed by atoms with Gasteiger partial charge in [-0.1, -0.05) is 6.07 Å². The van der Waals surface area contributed by atoms with Crippen molar-refractivity contribution >= 4 is 18.3 Å². The number of hydrogen-bond acceptors (Lipinski definition) is 2. The molecule has 0 bridgehead atoms. The predicted molar refractivity (Wildman–Crippen MR) is 83.3 cm³/mol. The molecule has 0 saturated carbocycles. The molecule has 0 radical (unpaired) electrons. The highest BCUT2D eigenvalue weighted by atomic mass is 35.5. The van der Waals surface area contributed by atoms with Crippen LogP contribution in [0.4, 0.5) is 4.39 Å². The van der Waals surface area contributed by atoms with Gasteiger partial charge in [-0.05, 0) is 56.3 Å². The lowest BCUT2D eigenvalue weighted by Gasteiger charge is -2.35. The van der Waals surface area contributed by atoms with Gasteiger partial charge in [-0.2, -0.15) is 0 Å². The second-order valence-corrected chi connectivity index (χ2v) is 5.84. The molecule has 3 nitrogen and oxygen atoms in total. The lowest BCUT2D eigenvalue weighted by atomic mass is 9.88. The molecule has 2 aliphatic heterocycles. The van der Waals surface area contributed by atoms with Gasteiger partial charge in [0.15, 0.2) is 0 Å². The number of nitrogens with one attached hydrogen (secondary N) is 1. The number of hydrogen-bond donors (Lipinski definition) is 1. The van der Waals surface area contributed by atoms with Crippen LogP contribution in [-0.4, -0.2) is 36.5 Å². The van der Waals surface area contributed by atoms with Crippen LogP contribution in [0.25, 0.3) is 0 Å². The highest BCUT2D eigenvalue weighted by Crippen LogP contribution is 2.26. The monoisotopic (exact) mass is 312 g/mol. The van der Waals surface area contributed by atoms with E-state index in [0.29, 0.717) is 17.5 Å². The molecule has 2 fully saturated rings. The van der Waals surface area contributed by atoms with Gasteiger partial charge >= 0.3 is 0 Å². The lowest BCUT2D eigenvalue weighted by molar-refractivity contribution is 0.0674. The van der Waals surface area contributed by atoms with Crippen LogP contribution in [0.1, 0.15) is 36.0 Å². The molecule has 1 atom stereocenters. The minimum atomic E-state index is -0.346. The molecule has 0 spiro atoms. The topological polar surface area (TPSA) is 32.3 Å². The van der Waals surface area contributed by atoms with Crippen molar-refractivity contribution in [3.63, 3.8) is 0 Å². The zero-order valence-corrected chi connectivity index (χ0v) is 12.9.